The number of hydrogen-bond acceptors (Lipinski definition) is 19. The topological polar surface area (TPSA) is 410 Å². The number of aliphatic hydroxyl groups is 2. The first kappa shape index (κ1) is 48.5. The number of amides is 2. The van der Waals surface area contributed by atoms with Crippen LogP contribution >= 0.6 is 36.1 Å². The molecule has 30 heteroatoms. The number of carboxylic acid groups (broad SMARTS) is 1. The van der Waals surface area contributed by atoms with Gasteiger partial charge in [0.2, 0.25) is 11.8 Å². The van der Waals surface area contributed by atoms with E-state index in [9.17, 15) is 57.9 Å². The quantitative estimate of drug-likeness (QED) is 0.0483. The lowest BCUT2D eigenvalue weighted by atomic mass is 9.87. The zero-order valence-corrected chi connectivity index (χ0v) is 32.8. The Labute approximate surface area is 318 Å². The molecule has 0 aliphatic carbocycles. The smallest absolute Gasteiger partial charge is 0.481 e. The molecule has 0 aromatic carbocycles. The normalized spacial score (nSPS) is 21.5. The Balaban J connectivity index is 0.00000136. The van der Waals surface area contributed by atoms with Crippen LogP contribution in [0.2, 0.25) is 0 Å². The van der Waals surface area contributed by atoms with Gasteiger partial charge in [-0.05, 0) is 13.0 Å². The zero-order valence-electron chi connectivity index (χ0n) is 29.3. The minimum Gasteiger partial charge on any atom is -0.481 e. The molecule has 3 rings (SSSR count). The Morgan fingerprint density at radius 1 is 1.05 bits per heavy atom. The lowest BCUT2D eigenvalue weighted by molar-refractivity contribution is -0.137. The van der Waals surface area contributed by atoms with Crippen LogP contribution in [0.15, 0.2) is 12.7 Å². The molecule has 314 valence electrons. The Morgan fingerprint density at radius 3 is 2.29 bits per heavy atom. The van der Waals surface area contributed by atoms with Crippen molar-refractivity contribution in [3.05, 3.63) is 12.7 Å². The minimum absolute atomic E-state index is 0.0363. The van der Waals surface area contributed by atoms with Crippen molar-refractivity contribution in [2.75, 3.05) is 44.3 Å². The lowest BCUT2D eigenvalue weighted by Crippen LogP contribution is -2.46. The molecule has 0 saturated carbocycles. The fraction of sp³-hybridized carbons (Fsp3) is 0.680. The third-order valence-corrected chi connectivity index (χ3v) is 10.4. The summed E-state index contributed by atoms with van der Waals surface area (Å²) in [5.41, 5.74) is 9.31. The fourth-order valence-electron chi connectivity index (χ4n) is 4.39. The molecule has 55 heavy (non-hydrogen) atoms. The number of aliphatic hydroxyl groups excluding tert-OH is 2. The average Bonchev–Trinajstić information content (AvgIpc) is 3.64. The summed E-state index contributed by atoms with van der Waals surface area (Å²) in [6, 6.07) is 0. The molecule has 0 bridgehead atoms. The molecule has 1 aliphatic heterocycles. The van der Waals surface area contributed by atoms with Gasteiger partial charge >= 0.3 is 29.4 Å². The van der Waals surface area contributed by atoms with Gasteiger partial charge in [0.1, 0.15) is 36.3 Å². The molecule has 2 aromatic rings. The van der Waals surface area contributed by atoms with Crippen molar-refractivity contribution >= 4 is 70.9 Å². The summed E-state index contributed by atoms with van der Waals surface area (Å²) in [5, 5.41) is 34.1. The number of nitrogens with zero attached hydrogens (tertiary/aromatic N) is 4. The summed E-state index contributed by atoms with van der Waals surface area (Å²) in [5.74, 6) is -1.72. The second-order valence-electron chi connectivity index (χ2n) is 12.1. The van der Waals surface area contributed by atoms with Gasteiger partial charge in [0.25, 0.3) is 0 Å². The molecule has 0 spiro atoms. The first-order valence-electron chi connectivity index (χ1n) is 15.8. The molecular formula is C25H45N8O18P3S. The van der Waals surface area contributed by atoms with Crippen molar-refractivity contribution < 1.29 is 85.6 Å². The molecule has 2 amide bonds. The van der Waals surface area contributed by atoms with E-state index >= 15 is 0 Å². The number of nitrogens with two attached hydrogens (primary N) is 2. The van der Waals surface area contributed by atoms with Gasteiger partial charge in [-0.15, -0.1) is 0 Å². The van der Waals surface area contributed by atoms with E-state index in [1.54, 1.807) is 0 Å². The van der Waals surface area contributed by atoms with Gasteiger partial charge in [0.15, 0.2) is 17.7 Å². The van der Waals surface area contributed by atoms with E-state index in [2.05, 4.69) is 47.0 Å². The third kappa shape index (κ3) is 16.0. The van der Waals surface area contributed by atoms with Crippen LogP contribution in [0.1, 0.15) is 39.3 Å². The van der Waals surface area contributed by atoms with Crippen LogP contribution < -0.4 is 22.1 Å². The number of carboxylic acids is 1. The molecule has 3 heterocycles. The van der Waals surface area contributed by atoms with Crippen LogP contribution in [0, 0.1) is 5.41 Å². The number of aliphatic carboxylic acids is 1. The van der Waals surface area contributed by atoms with Crippen LogP contribution in [0.5, 0.6) is 0 Å². The second-order valence-corrected chi connectivity index (χ2v) is 16.8. The molecule has 26 nitrogen and oxygen atoms in total. The average molecular weight is 871 g/mol. The second kappa shape index (κ2) is 21.2. The summed E-state index contributed by atoms with van der Waals surface area (Å²) in [4.78, 5) is 84.3. The van der Waals surface area contributed by atoms with Crippen LogP contribution in [-0.4, -0.2) is 135 Å². The van der Waals surface area contributed by atoms with Gasteiger partial charge in [0, 0.05) is 37.1 Å². The van der Waals surface area contributed by atoms with Crippen LogP contribution in [0.4, 0.5) is 5.82 Å². The summed E-state index contributed by atoms with van der Waals surface area (Å²) >= 11 is 3.95. The number of carbonyl (C=O) groups excluding carboxylic acids is 2. The van der Waals surface area contributed by atoms with E-state index < -0.39 is 84.6 Å². The van der Waals surface area contributed by atoms with Crippen molar-refractivity contribution in [2.24, 2.45) is 11.1 Å². The number of aromatic nitrogens is 4. The Hall–Kier alpha value is -2.68. The number of rotatable bonds is 21. The van der Waals surface area contributed by atoms with Gasteiger partial charge < -0.3 is 61.7 Å². The predicted octanol–water partition coefficient (Wildman–Crippen LogP) is -1.86. The van der Waals surface area contributed by atoms with E-state index in [-0.39, 0.29) is 42.3 Å². The number of fused-ring (bicyclic) bond motifs is 1. The fourth-order valence-corrected chi connectivity index (χ4v) is 7.33. The van der Waals surface area contributed by atoms with Crippen LogP contribution in [0.3, 0.4) is 0 Å². The number of ether oxygens (including phenoxy) is 1. The number of phosphoric acid groups is 3. The highest BCUT2D eigenvalue weighted by atomic mass is 32.1. The summed E-state index contributed by atoms with van der Waals surface area (Å²) in [6.45, 7) is 1.19. The lowest BCUT2D eigenvalue weighted by Gasteiger charge is -2.30. The van der Waals surface area contributed by atoms with Crippen molar-refractivity contribution in [1.82, 2.24) is 30.2 Å². The highest BCUT2D eigenvalue weighted by Gasteiger charge is 2.50. The molecule has 2 unspecified atom stereocenters. The SMILES string of the molecule is CC(C)(COP(=O)(O)OP(=O)(O)OC[C@H]1O[C@@H](n2cnc3c(N)ncnc32)[C@H](O)[C@@H]1OP(=O)(O)O)[C@@H](O)C(=O)NCCC(=O)NCCS.NCCCC(=O)O. The molecule has 1 aliphatic rings. The molecule has 1 saturated heterocycles. The van der Waals surface area contributed by atoms with Crippen LogP contribution in [-0.2, 0) is 50.7 Å². The molecule has 13 N–H and O–H groups in total. The number of phosphoric ester groups is 3. The van der Waals surface area contributed by atoms with Crippen molar-refractivity contribution in [3.8, 4) is 0 Å². The maximum atomic E-state index is 12.6. The van der Waals surface area contributed by atoms with Crippen LogP contribution in [0.25, 0.3) is 11.2 Å². The molecular weight excluding hydrogens is 825 g/mol. The third-order valence-electron chi connectivity index (χ3n) is 7.11. The van der Waals surface area contributed by atoms with E-state index in [1.807, 2.05) is 0 Å². The number of thiol groups is 1. The standard InChI is InChI=1S/C21H36N7O16P3S.C4H9NO2/c1-21(2,16(31)19(32)24-4-3-12(29)23-5-6-48)8-41-47(38,39)44-46(36,37)40-7-11-15(43-45(33,34)35)14(30)20(42-11)28-10-27-13-17(22)25-9-26-18(13)28;5-3-1-2-4(6)7/h9-11,14-16,20,30-31,48H,3-8H2,1-2H3,(H,23,29)(H,24,32)(H,36,37)(H,38,39)(H2,22,25,26)(H2,33,34,35);1-3,5H2,(H,6,7)/t11-,14-,15-,16+,20-;/m1./s1. The van der Waals surface area contributed by atoms with E-state index in [1.165, 1.54) is 13.8 Å². The van der Waals surface area contributed by atoms with E-state index in [4.69, 9.17) is 30.4 Å². The summed E-state index contributed by atoms with van der Waals surface area (Å²) in [6.07, 6.45) is -5.97. The van der Waals surface area contributed by atoms with Gasteiger partial charge in [0.05, 0.1) is 19.5 Å². The number of imidazole rings is 1. The monoisotopic (exact) mass is 870 g/mol. The largest absolute Gasteiger partial charge is 0.481 e. The van der Waals surface area contributed by atoms with E-state index in [0.29, 0.717) is 25.3 Å². The number of nitrogen functional groups attached to an aromatic ring is 1. The van der Waals surface area contributed by atoms with Gasteiger partial charge in [-0.2, -0.15) is 16.9 Å². The molecule has 1 fully saturated rings. The first-order valence-corrected chi connectivity index (χ1v) is 21.0. The minimum atomic E-state index is -5.54. The Kier molecular flexibility index (Phi) is 18.7. The maximum absolute atomic E-state index is 12.6. The number of carbonyl (C=O) groups is 3. The van der Waals surface area contributed by atoms with Gasteiger partial charge in [-0.1, -0.05) is 13.8 Å². The number of nitrogens with one attached hydrogen (secondary N) is 2. The van der Waals surface area contributed by atoms with Crippen molar-refractivity contribution in [2.45, 2.75) is 63.8 Å². The van der Waals surface area contributed by atoms with Gasteiger partial charge in [-0.25, -0.2) is 28.6 Å². The van der Waals surface area contributed by atoms with Crippen molar-refractivity contribution in [1.29, 1.82) is 0 Å². The van der Waals surface area contributed by atoms with E-state index in [0.717, 1.165) is 17.2 Å². The predicted molar refractivity (Wildman–Crippen MR) is 189 cm³/mol. The number of hydrogen-bond donors (Lipinski definition) is 12. The Bertz CT molecular complexity index is 1750. The van der Waals surface area contributed by atoms with Gasteiger partial charge in [-0.3, -0.25) is 32.5 Å². The van der Waals surface area contributed by atoms with Crippen molar-refractivity contribution in [3.63, 3.8) is 0 Å². The molecule has 0 radical (unpaired) electrons. The highest BCUT2D eigenvalue weighted by molar-refractivity contribution is 7.80. The summed E-state index contributed by atoms with van der Waals surface area (Å²) in [7, 11) is -16.3. The highest BCUT2D eigenvalue weighted by Crippen LogP contribution is 2.61. The zero-order chi connectivity index (χ0) is 41.8. The molecule has 2 aromatic heterocycles. The Morgan fingerprint density at radius 2 is 1.71 bits per heavy atom. The number of anilines is 1. The first-order chi connectivity index (χ1) is 25.4. The maximum Gasteiger partial charge on any atom is 0.481 e. The summed E-state index contributed by atoms with van der Waals surface area (Å²) < 4.78 is 61.7. The molecule has 7 atom stereocenters.